The summed E-state index contributed by atoms with van der Waals surface area (Å²) in [6, 6.07) is 2.93. The number of ether oxygens (including phenoxy) is 1. The number of hydrogen-bond donors (Lipinski definition) is 0. The first-order valence-corrected chi connectivity index (χ1v) is 8.51. The zero-order valence-electron chi connectivity index (χ0n) is 13.5. The summed E-state index contributed by atoms with van der Waals surface area (Å²) in [6.07, 6.45) is 7.95. The zero-order valence-corrected chi connectivity index (χ0v) is 13.5. The van der Waals surface area contributed by atoms with Crippen molar-refractivity contribution in [2.45, 2.75) is 52.0 Å². The number of hydrogen-bond acceptors (Lipinski definition) is 3. The van der Waals surface area contributed by atoms with Crippen molar-refractivity contribution in [1.82, 2.24) is 9.88 Å². The van der Waals surface area contributed by atoms with Gasteiger partial charge in [-0.25, -0.2) is 0 Å². The third-order valence-electron chi connectivity index (χ3n) is 4.80. The maximum absolute atomic E-state index is 5.61. The maximum Gasteiger partial charge on any atom is 0.0593 e. The Balaban J connectivity index is 1.76. The van der Waals surface area contributed by atoms with Crippen molar-refractivity contribution in [3.8, 4) is 0 Å². The monoisotopic (exact) mass is 288 g/mol. The average molecular weight is 288 g/mol. The van der Waals surface area contributed by atoms with Crippen molar-refractivity contribution in [3.63, 3.8) is 0 Å². The molecule has 0 aromatic carbocycles. The SMILES string of the molecule is CC(C)Cc1ccnc2c1CC(N1CCCOCC1)CC2. The summed E-state index contributed by atoms with van der Waals surface area (Å²) in [7, 11) is 0. The van der Waals surface area contributed by atoms with Gasteiger partial charge in [0.2, 0.25) is 0 Å². The zero-order chi connectivity index (χ0) is 14.7. The third-order valence-corrected chi connectivity index (χ3v) is 4.80. The molecule has 0 radical (unpaired) electrons. The van der Waals surface area contributed by atoms with Crippen LogP contribution < -0.4 is 0 Å². The fourth-order valence-electron chi connectivity index (χ4n) is 3.76. The predicted molar refractivity (Wildman–Crippen MR) is 85.6 cm³/mol. The van der Waals surface area contributed by atoms with E-state index < -0.39 is 0 Å². The van der Waals surface area contributed by atoms with Crippen LogP contribution in [0.5, 0.6) is 0 Å². The lowest BCUT2D eigenvalue weighted by atomic mass is 9.85. The van der Waals surface area contributed by atoms with Crippen LogP contribution >= 0.6 is 0 Å². The minimum Gasteiger partial charge on any atom is -0.380 e. The van der Waals surface area contributed by atoms with Gasteiger partial charge in [0.25, 0.3) is 0 Å². The molecule has 1 aliphatic heterocycles. The predicted octanol–water partition coefficient (Wildman–Crippen LogP) is 2.86. The van der Waals surface area contributed by atoms with Crippen LogP contribution in [0.25, 0.3) is 0 Å². The van der Waals surface area contributed by atoms with Gasteiger partial charge in [-0.2, -0.15) is 0 Å². The molecule has 0 bridgehead atoms. The Morgan fingerprint density at radius 2 is 2.24 bits per heavy atom. The molecule has 1 unspecified atom stereocenters. The summed E-state index contributed by atoms with van der Waals surface area (Å²) >= 11 is 0. The third kappa shape index (κ3) is 3.64. The van der Waals surface area contributed by atoms with Crippen LogP contribution in [0.15, 0.2) is 12.3 Å². The highest BCUT2D eigenvalue weighted by Gasteiger charge is 2.27. The molecule has 116 valence electrons. The minimum atomic E-state index is 0.689. The van der Waals surface area contributed by atoms with E-state index in [1.807, 2.05) is 6.20 Å². The Morgan fingerprint density at radius 1 is 1.33 bits per heavy atom. The van der Waals surface area contributed by atoms with Crippen molar-refractivity contribution in [2.75, 3.05) is 26.3 Å². The number of fused-ring (bicyclic) bond motifs is 1. The van der Waals surface area contributed by atoms with E-state index in [2.05, 4.69) is 29.8 Å². The standard InChI is InChI=1S/C18H28N2O/c1-14(2)12-15-6-7-19-18-5-4-16(13-17(15)18)20-8-3-10-21-11-9-20/h6-7,14,16H,3-5,8-13H2,1-2H3. The van der Waals surface area contributed by atoms with Crippen molar-refractivity contribution in [2.24, 2.45) is 5.92 Å². The van der Waals surface area contributed by atoms with Gasteiger partial charge < -0.3 is 4.74 Å². The highest BCUT2D eigenvalue weighted by atomic mass is 16.5. The van der Waals surface area contributed by atoms with E-state index in [-0.39, 0.29) is 0 Å². The molecule has 0 saturated carbocycles. The van der Waals surface area contributed by atoms with Gasteiger partial charge >= 0.3 is 0 Å². The summed E-state index contributed by atoms with van der Waals surface area (Å²) in [5, 5.41) is 0. The average Bonchev–Trinajstić information content (AvgIpc) is 2.76. The van der Waals surface area contributed by atoms with Gasteiger partial charge in [-0.05, 0) is 55.2 Å². The van der Waals surface area contributed by atoms with Gasteiger partial charge in [-0.3, -0.25) is 9.88 Å². The molecule has 1 aliphatic carbocycles. The Hall–Kier alpha value is -0.930. The molecule has 1 fully saturated rings. The number of aryl methyl sites for hydroxylation is 1. The van der Waals surface area contributed by atoms with E-state index in [1.54, 1.807) is 5.56 Å². The van der Waals surface area contributed by atoms with Crippen molar-refractivity contribution >= 4 is 0 Å². The van der Waals surface area contributed by atoms with Gasteiger partial charge in [-0.1, -0.05) is 13.8 Å². The van der Waals surface area contributed by atoms with Crippen molar-refractivity contribution in [3.05, 3.63) is 29.1 Å². The summed E-state index contributed by atoms with van der Waals surface area (Å²) < 4.78 is 5.61. The molecule has 1 aromatic heterocycles. The van der Waals surface area contributed by atoms with E-state index in [0.29, 0.717) is 12.0 Å². The second kappa shape index (κ2) is 6.89. The van der Waals surface area contributed by atoms with Crippen LogP contribution in [0.2, 0.25) is 0 Å². The first-order chi connectivity index (χ1) is 10.2. The lowest BCUT2D eigenvalue weighted by Gasteiger charge is -2.34. The first kappa shape index (κ1) is 15.0. The molecular weight excluding hydrogens is 260 g/mol. The quantitative estimate of drug-likeness (QED) is 0.855. The molecule has 1 saturated heterocycles. The Bertz CT molecular complexity index is 464. The number of pyridine rings is 1. The topological polar surface area (TPSA) is 25.4 Å². The Kier molecular flexibility index (Phi) is 4.91. The second-order valence-corrected chi connectivity index (χ2v) is 6.89. The van der Waals surface area contributed by atoms with Crippen LogP contribution in [-0.2, 0) is 24.0 Å². The van der Waals surface area contributed by atoms with E-state index in [4.69, 9.17) is 4.74 Å². The van der Waals surface area contributed by atoms with E-state index in [0.717, 1.165) is 26.2 Å². The molecule has 0 N–H and O–H groups in total. The molecule has 3 rings (SSSR count). The second-order valence-electron chi connectivity index (χ2n) is 6.89. The normalized spacial score (nSPS) is 23.9. The number of nitrogens with zero attached hydrogens (tertiary/aromatic N) is 2. The summed E-state index contributed by atoms with van der Waals surface area (Å²) in [5.74, 6) is 0.712. The van der Waals surface area contributed by atoms with Crippen LogP contribution in [0.1, 0.15) is 43.5 Å². The highest BCUT2D eigenvalue weighted by Crippen LogP contribution is 2.27. The Morgan fingerprint density at radius 3 is 3.10 bits per heavy atom. The Labute approximate surface area is 128 Å². The van der Waals surface area contributed by atoms with Gasteiger partial charge in [0.1, 0.15) is 0 Å². The van der Waals surface area contributed by atoms with Gasteiger partial charge in [0.15, 0.2) is 0 Å². The molecule has 0 amide bonds. The molecule has 2 aliphatic rings. The van der Waals surface area contributed by atoms with Crippen molar-refractivity contribution < 1.29 is 4.74 Å². The molecule has 3 heteroatoms. The van der Waals surface area contributed by atoms with E-state index in [1.165, 1.54) is 43.5 Å². The first-order valence-electron chi connectivity index (χ1n) is 8.51. The molecule has 3 nitrogen and oxygen atoms in total. The van der Waals surface area contributed by atoms with Crippen LogP contribution in [-0.4, -0.2) is 42.2 Å². The summed E-state index contributed by atoms with van der Waals surface area (Å²) in [5.41, 5.74) is 4.44. The summed E-state index contributed by atoms with van der Waals surface area (Å²) in [4.78, 5) is 7.30. The molecule has 0 spiro atoms. The molecule has 1 atom stereocenters. The fraction of sp³-hybridized carbons (Fsp3) is 0.722. The van der Waals surface area contributed by atoms with Crippen LogP contribution in [0, 0.1) is 5.92 Å². The molecule has 2 heterocycles. The number of rotatable bonds is 3. The van der Waals surface area contributed by atoms with E-state index in [9.17, 15) is 0 Å². The smallest absolute Gasteiger partial charge is 0.0593 e. The highest BCUT2D eigenvalue weighted by molar-refractivity contribution is 5.33. The van der Waals surface area contributed by atoms with E-state index >= 15 is 0 Å². The lowest BCUT2D eigenvalue weighted by molar-refractivity contribution is 0.128. The largest absolute Gasteiger partial charge is 0.380 e. The molecular formula is C18H28N2O. The van der Waals surface area contributed by atoms with Crippen molar-refractivity contribution in [1.29, 1.82) is 0 Å². The van der Waals surface area contributed by atoms with Gasteiger partial charge in [-0.15, -0.1) is 0 Å². The fourth-order valence-corrected chi connectivity index (χ4v) is 3.76. The minimum absolute atomic E-state index is 0.689. The number of aromatic nitrogens is 1. The van der Waals surface area contributed by atoms with Gasteiger partial charge in [0, 0.05) is 37.6 Å². The van der Waals surface area contributed by atoms with Crippen LogP contribution in [0.3, 0.4) is 0 Å². The molecule has 21 heavy (non-hydrogen) atoms. The van der Waals surface area contributed by atoms with Crippen LogP contribution in [0.4, 0.5) is 0 Å². The molecule has 1 aromatic rings. The summed E-state index contributed by atoms with van der Waals surface area (Å²) in [6.45, 7) is 8.73. The lowest BCUT2D eigenvalue weighted by Crippen LogP contribution is -2.41. The van der Waals surface area contributed by atoms with Gasteiger partial charge in [0.05, 0.1) is 6.61 Å². The maximum atomic E-state index is 5.61.